The van der Waals surface area contributed by atoms with E-state index in [0.29, 0.717) is 22.7 Å². The number of oxazole rings is 1. The highest BCUT2D eigenvalue weighted by Crippen LogP contribution is 2.32. The van der Waals surface area contributed by atoms with Gasteiger partial charge in [0, 0.05) is 18.7 Å². The molecule has 6 rings (SSSR count). The molecule has 1 amide bonds. The molecule has 0 aliphatic heterocycles. The van der Waals surface area contributed by atoms with Gasteiger partial charge in [0.05, 0.1) is 27.1 Å². The van der Waals surface area contributed by atoms with Crippen LogP contribution in [0.2, 0.25) is 0 Å². The summed E-state index contributed by atoms with van der Waals surface area (Å²) < 4.78 is 10.4. The van der Waals surface area contributed by atoms with Crippen molar-refractivity contribution in [1.82, 2.24) is 24.5 Å². The maximum atomic E-state index is 12.5. The van der Waals surface area contributed by atoms with Gasteiger partial charge in [0.1, 0.15) is 5.52 Å². The lowest BCUT2D eigenvalue weighted by Gasteiger charge is -2.05. The van der Waals surface area contributed by atoms with E-state index in [9.17, 15) is 9.59 Å². The molecule has 0 saturated heterocycles. The second-order valence-corrected chi connectivity index (χ2v) is 10.0. The lowest BCUT2D eigenvalue weighted by Crippen LogP contribution is -2.19. The number of rotatable bonds is 7. The van der Waals surface area contributed by atoms with Gasteiger partial charge < -0.3 is 9.73 Å². The number of para-hydroxylation sites is 3. The van der Waals surface area contributed by atoms with Crippen molar-refractivity contribution in [3.8, 4) is 0 Å². The summed E-state index contributed by atoms with van der Waals surface area (Å²) in [6, 6.07) is 20.7. The number of nitrogens with zero attached hydrogens (tertiary/aromatic N) is 5. The molecule has 174 valence electrons. The predicted octanol–water partition coefficient (Wildman–Crippen LogP) is 4.73. The molecule has 1 N–H and O–H groups in total. The fourth-order valence-electron chi connectivity index (χ4n) is 3.83. The molecule has 0 spiro atoms. The maximum Gasteiger partial charge on any atom is 0.419 e. The van der Waals surface area contributed by atoms with Crippen LogP contribution in [-0.2, 0) is 17.2 Å². The average molecular weight is 503 g/mol. The van der Waals surface area contributed by atoms with Crippen LogP contribution in [0, 0.1) is 0 Å². The van der Waals surface area contributed by atoms with E-state index in [1.165, 1.54) is 4.57 Å². The van der Waals surface area contributed by atoms with E-state index >= 15 is 0 Å². The van der Waals surface area contributed by atoms with Crippen molar-refractivity contribution in [3.63, 3.8) is 0 Å². The molecule has 0 radical (unpaired) electrons. The van der Waals surface area contributed by atoms with Gasteiger partial charge in [0.15, 0.2) is 9.92 Å². The van der Waals surface area contributed by atoms with Crippen LogP contribution in [0.1, 0.15) is 6.42 Å². The minimum atomic E-state index is -0.464. The molecule has 3 heterocycles. The Morgan fingerprint density at radius 2 is 1.86 bits per heavy atom. The zero-order valence-electron chi connectivity index (χ0n) is 18.2. The molecule has 0 fully saturated rings. The van der Waals surface area contributed by atoms with Gasteiger partial charge in [0.25, 0.3) is 0 Å². The molecule has 0 unspecified atom stereocenters. The number of hydrogen-bond donors (Lipinski definition) is 1. The van der Waals surface area contributed by atoms with E-state index in [1.54, 1.807) is 41.3 Å². The minimum absolute atomic E-state index is 0.150. The topological polar surface area (TPSA) is 108 Å². The van der Waals surface area contributed by atoms with Crippen molar-refractivity contribution >= 4 is 67.0 Å². The van der Waals surface area contributed by atoms with Crippen LogP contribution >= 0.6 is 23.1 Å². The first-order chi connectivity index (χ1) is 17.1. The Hall–Kier alpha value is -3.96. The van der Waals surface area contributed by atoms with Gasteiger partial charge >= 0.3 is 5.76 Å². The van der Waals surface area contributed by atoms with Gasteiger partial charge in [-0.1, -0.05) is 41.2 Å². The highest BCUT2D eigenvalue weighted by molar-refractivity contribution is 8.00. The van der Waals surface area contributed by atoms with Gasteiger partial charge in [-0.25, -0.2) is 14.5 Å². The number of carbonyl (C=O) groups is 1. The highest BCUT2D eigenvalue weighted by Gasteiger charge is 2.12. The van der Waals surface area contributed by atoms with E-state index in [2.05, 4.69) is 20.6 Å². The fraction of sp³-hybridized carbons (Fsp3) is 0.125. The second kappa shape index (κ2) is 9.01. The van der Waals surface area contributed by atoms with Gasteiger partial charge in [-0.3, -0.25) is 9.36 Å². The summed E-state index contributed by atoms with van der Waals surface area (Å²) in [6.45, 7) is 0.238. The summed E-state index contributed by atoms with van der Waals surface area (Å²) in [5.74, 6) is -0.0425. The summed E-state index contributed by atoms with van der Waals surface area (Å²) in [5, 5.41) is 11.3. The third kappa shape index (κ3) is 4.31. The number of aromatic nitrogens is 5. The first-order valence-corrected chi connectivity index (χ1v) is 12.6. The molecule has 0 bridgehead atoms. The first-order valence-electron chi connectivity index (χ1n) is 10.8. The standard InChI is InChI=1S/C24H18N6O3S2/c31-22(11-12-29-19-7-3-4-8-20(19)33-24(29)32)25-15-9-10-17-21(13-15)35-23(26-17)34-14-30-18-6-2-1-5-16(18)27-28-30/h1-10,13H,11-12,14H2,(H,25,31). The van der Waals surface area contributed by atoms with Crippen LogP contribution in [0.5, 0.6) is 0 Å². The minimum Gasteiger partial charge on any atom is -0.408 e. The molecule has 9 nitrogen and oxygen atoms in total. The molecule has 3 aromatic heterocycles. The van der Waals surface area contributed by atoms with Crippen molar-refractivity contribution in [2.45, 2.75) is 23.2 Å². The first kappa shape index (κ1) is 21.6. The highest BCUT2D eigenvalue weighted by atomic mass is 32.2. The Morgan fingerprint density at radius 3 is 2.77 bits per heavy atom. The maximum absolute atomic E-state index is 12.5. The number of aryl methyl sites for hydroxylation is 1. The lowest BCUT2D eigenvalue weighted by atomic mass is 10.3. The zero-order chi connectivity index (χ0) is 23.8. The van der Waals surface area contributed by atoms with Crippen LogP contribution in [0.25, 0.3) is 32.3 Å². The fourth-order valence-corrected chi connectivity index (χ4v) is 5.82. The molecule has 0 aliphatic rings. The second-order valence-electron chi connectivity index (χ2n) is 7.80. The van der Waals surface area contributed by atoms with Crippen molar-refractivity contribution in [2.24, 2.45) is 0 Å². The van der Waals surface area contributed by atoms with E-state index in [1.807, 2.05) is 53.2 Å². The van der Waals surface area contributed by atoms with Crippen molar-refractivity contribution in [1.29, 1.82) is 0 Å². The Labute approximate surface area is 206 Å². The Morgan fingerprint density at radius 1 is 1.03 bits per heavy atom. The van der Waals surface area contributed by atoms with Gasteiger partial charge in [-0.2, -0.15) is 0 Å². The third-order valence-corrected chi connectivity index (χ3v) is 7.65. The predicted molar refractivity (Wildman–Crippen MR) is 137 cm³/mol. The molecule has 0 saturated carbocycles. The quantitative estimate of drug-likeness (QED) is 0.315. The van der Waals surface area contributed by atoms with Crippen LogP contribution in [0.3, 0.4) is 0 Å². The number of benzene rings is 3. The molecular weight excluding hydrogens is 484 g/mol. The number of anilines is 1. The number of amides is 1. The van der Waals surface area contributed by atoms with E-state index < -0.39 is 5.76 Å². The van der Waals surface area contributed by atoms with Gasteiger partial charge in [-0.05, 0) is 42.5 Å². The largest absolute Gasteiger partial charge is 0.419 e. The number of carbonyl (C=O) groups excluding carboxylic acids is 1. The monoisotopic (exact) mass is 502 g/mol. The van der Waals surface area contributed by atoms with Gasteiger partial charge in [-0.15, -0.1) is 16.4 Å². The van der Waals surface area contributed by atoms with Crippen LogP contribution in [0.4, 0.5) is 5.69 Å². The SMILES string of the molecule is O=C(CCn1c(=O)oc2ccccc21)Nc1ccc2nc(SCn3nnc4ccccc43)sc2c1. The van der Waals surface area contributed by atoms with Crippen LogP contribution in [0.15, 0.2) is 80.3 Å². The molecule has 6 aromatic rings. The number of thiazole rings is 1. The van der Waals surface area contributed by atoms with E-state index in [-0.39, 0.29) is 18.9 Å². The van der Waals surface area contributed by atoms with E-state index in [4.69, 9.17) is 4.42 Å². The summed E-state index contributed by atoms with van der Waals surface area (Å²) in [4.78, 5) is 29.3. The van der Waals surface area contributed by atoms with Crippen LogP contribution in [-0.4, -0.2) is 30.5 Å². The average Bonchev–Trinajstić information content (AvgIpc) is 3.55. The van der Waals surface area contributed by atoms with Crippen molar-refractivity contribution in [2.75, 3.05) is 5.32 Å². The van der Waals surface area contributed by atoms with E-state index in [0.717, 1.165) is 25.6 Å². The number of hydrogen-bond acceptors (Lipinski definition) is 8. The Bertz CT molecular complexity index is 1750. The smallest absolute Gasteiger partial charge is 0.408 e. The summed E-state index contributed by atoms with van der Waals surface area (Å²) >= 11 is 3.15. The van der Waals surface area contributed by atoms with Crippen molar-refractivity contribution < 1.29 is 9.21 Å². The summed E-state index contributed by atoms with van der Waals surface area (Å²) in [6.07, 6.45) is 0.150. The Kier molecular flexibility index (Phi) is 5.55. The number of nitrogens with one attached hydrogen (secondary N) is 1. The number of thioether (sulfide) groups is 1. The lowest BCUT2D eigenvalue weighted by molar-refractivity contribution is -0.116. The Balaban J connectivity index is 1.11. The molecule has 35 heavy (non-hydrogen) atoms. The number of fused-ring (bicyclic) bond motifs is 3. The zero-order valence-corrected chi connectivity index (χ0v) is 19.9. The molecule has 3 aromatic carbocycles. The van der Waals surface area contributed by atoms with Gasteiger partial charge in [0.2, 0.25) is 5.91 Å². The summed E-state index contributed by atoms with van der Waals surface area (Å²) in [5.41, 5.74) is 4.60. The molecule has 11 heteroatoms. The summed E-state index contributed by atoms with van der Waals surface area (Å²) in [7, 11) is 0. The third-order valence-electron chi connectivity index (χ3n) is 5.52. The van der Waals surface area contributed by atoms with Crippen LogP contribution < -0.4 is 11.1 Å². The van der Waals surface area contributed by atoms with Crippen molar-refractivity contribution in [3.05, 3.63) is 77.3 Å². The normalized spacial score (nSPS) is 11.5. The molecule has 0 aliphatic carbocycles. The molecule has 0 atom stereocenters. The molecular formula is C24H18N6O3S2.